The molecule has 1 atom stereocenters. The van der Waals surface area contributed by atoms with Crippen molar-refractivity contribution in [1.29, 1.82) is 0 Å². The van der Waals surface area contributed by atoms with E-state index in [0.29, 0.717) is 19.0 Å². The molecule has 128 valence electrons. The molecule has 0 aromatic carbocycles. The zero-order chi connectivity index (χ0) is 16.4. The molecule has 2 fully saturated rings. The van der Waals surface area contributed by atoms with Gasteiger partial charge in [-0.2, -0.15) is 22.5 Å². The number of nitrogens with one attached hydrogen (secondary N) is 1. The molecule has 1 aliphatic carbocycles. The second-order valence-corrected chi connectivity index (χ2v) is 6.47. The summed E-state index contributed by atoms with van der Waals surface area (Å²) >= 11 is 0. The fourth-order valence-corrected chi connectivity index (χ4v) is 3.72. The number of hydrogen-bond donors (Lipinski definition) is 1. The van der Waals surface area contributed by atoms with Gasteiger partial charge in [0.25, 0.3) is 11.9 Å². The summed E-state index contributed by atoms with van der Waals surface area (Å²) in [6, 6.07) is 0.282. The van der Waals surface area contributed by atoms with Gasteiger partial charge in [0, 0.05) is 18.6 Å². The number of halogens is 4. The third-order valence-electron chi connectivity index (χ3n) is 4.89. The van der Waals surface area contributed by atoms with Crippen LogP contribution >= 0.6 is 0 Å². The third-order valence-corrected chi connectivity index (χ3v) is 4.89. The lowest BCUT2D eigenvalue weighted by atomic mass is 9.92. The van der Waals surface area contributed by atoms with Gasteiger partial charge in [-0.1, -0.05) is 19.3 Å². The Morgan fingerprint density at radius 1 is 0.870 bits per heavy atom. The monoisotopic (exact) mass is 331 g/mol. The summed E-state index contributed by atoms with van der Waals surface area (Å²) in [7, 11) is 0. The summed E-state index contributed by atoms with van der Waals surface area (Å²) in [6.45, 7) is 1.60. The number of aromatic nitrogens is 1. The molecule has 1 aromatic rings. The molecule has 23 heavy (non-hydrogen) atoms. The van der Waals surface area contributed by atoms with Crippen LogP contribution in [0.4, 0.5) is 23.2 Å². The standard InChI is InChI=1S/C16H21F4N3/c17-12-14(13(18)16(20)22-15(12)19)21-10-5-4-8-23(9-10)11-6-2-1-3-7-11/h10-11H,1-9H2,(H,21,22). The third kappa shape index (κ3) is 3.59. The Morgan fingerprint density at radius 3 is 2.17 bits per heavy atom. The zero-order valence-corrected chi connectivity index (χ0v) is 12.9. The Bertz CT molecular complexity index is 534. The van der Waals surface area contributed by atoms with Crippen LogP contribution in [0.5, 0.6) is 0 Å². The highest BCUT2D eigenvalue weighted by molar-refractivity contribution is 5.46. The lowest BCUT2D eigenvalue weighted by Gasteiger charge is -2.40. The van der Waals surface area contributed by atoms with Crippen LogP contribution in [0.15, 0.2) is 0 Å². The van der Waals surface area contributed by atoms with Gasteiger partial charge in [-0.05, 0) is 32.2 Å². The zero-order valence-electron chi connectivity index (χ0n) is 12.9. The molecule has 2 heterocycles. The predicted octanol–water partition coefficient (Wildman–Crippen LogP) is 3.85. The van der Waals surface area contributed by atoms with Crippen molar-refractivity contribution in [2.24, 2.45) is 0 Å². The largest absolute Gasteiger partial charge is 0.376 e. The van der Waals surface area contributed by atoms with E-state index in [2.05, 4.69) is 15.2 Å². The highest BCUT2D eigenvalue weighted by Crippen LogP contribution is 2.28. The van der Waals surface area contributed by atoms with Gasteiger partial charge < -0.3 is 5.32 Å². The Hall–Kier alpha value is -1.37. The van der Waals surface area contributed by atoms with E-state index in [1.807, 2.05) is 0 Å². The Balaban J connectivity index is 1.70. The van der Waals surface area contributed by atoms with E-state index >= 15 is 0 Å². The number of anilines is 1. The number of pyridine rings is 1. The molecule has 1 saturated carbocycles. The first-order valence-electron chi connectivity index (χ1n) is 8.27. The van der Waals surface area contributed by atoms with Crippen molar-refractivity contribution in [3.8, 4) is 0 Å². The maximum absolute atomic E-state index is 13.7. The van der Waals surface area contributed by atoms with Crippen LogP contribution in [0, 0.1) is 23.5 Å². The molecular formula is C16H21F4N3. The molecule has 1 aromatic heterocycles. The molecule has 0 amide bonds. The normalized spacial score (nSPS) is 23.9. The molecular weight excluding hydrogens is 310 g/mol. The fourth-order valence-electron chi connectivity index (χ4n) is 3.72. The van der Waals surface area contributed by atoms with Crippen molar-refractivity contribution in [1.82, 2.24) is 9.88 Å². The maximum atomic E-state index is 13.7. The Labute approximate surface area is 133 Å². The Morgan fingerprint density at radius 2 is 1.52 bits per heavy atom. The summed E-state index contributed by atoms with van der Waals surface area (Å²) in [5.41, 5.74) is -0.745. The van der Waals surface area contributed by atoms with Crippen LogP contribution < -0.4 is 5.32 Å². The van der Waals surface area contributed by atoms with Gasteiger partial charge in [-0.15, -0.1) is 0 Å². The van der Waals surface area contributed by atoms with Crippen molar-refractivity contribution >= 4 is 5.69 Å². The van der Waals surface area contributed by atoms with Crippen LogP contribution in [-0.2, 0) is 0 Å². The highest BCUT2D eigenvalue weighted by Gasteiger charge is 2.29. The van der Waals surface area contributed by atoms with Crippen molar-refractivity contribution in [3.05, 3.63) is 23.5 Å². The molecule has 0 bridgehead atoms. The number of piperidine rings is 1. The van der Waals surface area contributed by atoms with E-state index in [1.165, 1.54) is 19.3 Å². The van der Waals surface area contributed by atoms with Crippen LogP contribution in [-0.4, -0.2) is 35.1 Å². The van der Waals surface area contributed by atoms with E-state index in [1.54, 1.807) is 0 Å². The summed E-state index contributed by atoms with van der Waals surface area (Å²) < 4.78 is 53.9. The molecule has 1 N–H and O–H groups in total. The van der Waals surface area contributed by atoms with Crippen LogP contribution in [0.2, 0.25) is 0 Å². The second-order valence-electron chi connectivity index (χ2n) is 6.47. The van der Waals surface area contributed by atoms with Crippen LogP contribution in [0.1, 0.15) is 44.9 Å². The van der Waals surface area contributed by atoms with Gasteiger partial charge in [0.05, 0.1) is 0 Å². The lowest BCUT2D eigenvalue weighted by Crippen LogP contribution is -2.48. The molecule has 0 spiro atoms. The number of nitrogens with zero attached hydrogens (tertiary/aromatic N) is 2. The molecule has 3 nitrogen and oxygen atoms in total. The van der Waals surface area contributed by atoms with Gasteiger partial charge in [-0.25, -0.2) is 0 Å². The number of hydrogen-bond acceptors (Lipinski definition) is 3. The molecule has 1 aliphatic heterocycles. The average molecular weight is 331 g/mol. The van der Waals surface area contributed by atoms with Crippen molar-refractivity contribution in [3.63, 3.8) is 0 Å². The second kappa shape index (κ2) is 7.03. The van der Waals surface area contributed by atoms with E-state index in [4.69, 9.17) is 0 Å². The van der Waals surface area contributed by atoms with Gasteiger partial charge in [-0.3, -0.25) is 4.90 Å². The van der Waals surface area contributed by atoms with Gasteiger partial charge in [0.15, 0.2) is 0 Å². The summed E-state index contributed by atoms with van der Waals surface area (Å²) in [5.74, 6) is -6.16. The van der Waals surface area contributed by atoms with E-state index < -0.39 is 29.2 Å². The maximum Gasteiger partial charge on any atom is 0.253 e. The van der Waals surface area contributed by atoms with Crippen molar-refractivity contribution < 1.29 is 17.6 Å². The molecule has 3 rings (SSSR count). The van der Waals surface area contributed by atoms with Crippen LogP contribution in [0.3, 0.4) is 0 Å². The topological polar surface area (TPSA) is 28.2 Å². The van der Waals surface area contributed by atoms with Crippen LogP contribution in [0.25, 0.3) is 0 Å². The van der Waals surface area contributed by atoms with Gasteiger partial charge in [0.2, 0.25) is 11.6 Å². The van der Waals surface area contributed by atoms with E-state index in [0.717, 1.165) is 25.8 Å². The fraction of sp³-hybridized carbons (Fsp3) is 0.688. The summed E-state index contributed by atoms with van der Waals surface area (Å²) in [5, 5.41) is 2.66. The molecule has 2 aliphatic rings. The van der Waals surface area contributed by atoms with E-state index in [9.17, 15) is 17.6 Å². The first kappa shape index (κ1) is 16.5. The van der Waals surface area contributed by atoms with Gasteiger partial charge >= 0.3 is 0 Å². The first-order valence-corrected chi connectivity index (χ1v) is 8.27. The van der Waals surface area contributed by atoms with Crippen molar-refractivity contribution in [2.75, 3.05) is 18.4 Å². The average Bonchev–Trinajstić information content (AvgIpc) is 2.58. The lowest BCUT2D eigenvalue weighted by molar-refractivity contribution is 0.124. The molecule has 0 radical (unpaired) electrons. The van der Waals surface area contributed by atoms with Gasteiger partial charge in [0.1, 0.15) is 5.69 Å². The molecule has 1 unspecified atom stereocenters. The highest BCUT2D eigenvalue weighted by atomic mass is 19.2. The minimum atomic E-state index is -1.62. The summed E-state index contributed by atoms with van der Waals surface area (Å²) in [6.07, 6.45) is 7.59. The quantitative estimate of drug-likeness (QED) is 0.674. The summed E-state index contributed by atoms with van der Waals surface area (Å²) in [4.78, 5) is 4.92. The number of likely N-dealkylation sites (tertiary alicyclic amines) is 1. The minimum absolute atomic E-state index is 0.226. The molecule has 1 saturated heterocycles. The van der Waals surface area contributed by atoms with Crippen molar-refractivity contribution in [2.45, 2.75) is 57.0 Å². The Kier molecular flexibility index (Phi) is 5.04. The molecule has 7 heteroatoms. The SMILES string of the molecule is Fc1nc(F)c(F)c(NC2CCCN(C3CCCCC3)C2)c1F. The first-order chi connectivity index (χ1) is 11.1. The van der Waals surface area contributed by atoms with E-state index in [-0.39, 0.29) is 6.04 Å². The predicted molar refractivity (Wildman–Crippen MR) is 79.2 cm³/mol. The smallest absolute Gasteiger partial charge is 0.253 e. The minimum Gasteiger partial charge on any atom is -0.376 e. The number of rotatable bonds is 3.